The second-order valence-electron chi connectivity index (χ2n) is 4.88. The van der Waals surface area contributed by atoms with Crippen LogP contribution in [0, 0.1) is 0 Å². The molecular weight excluding hydrogens is 240 g/mol. The summed E-state index contributed by atoms with van der Waals surface area (Å²) < 4.78 is 16.8. The van der Waals surface area contributed by atoms with Crippen molar-refractivity contribution in [3.05, 3.63) is 84.9 Å². The highest BCUT2D eigenvalue weighted by atomic mass is 14.1. The lowest BCUT2D eigenvalue weighted by Crippen LogP contribution is -1.83. The molecule has 0 unspecified atom stereocenters. The van der Waals surface area contributed by atoms with Crippen LogP contribution in [0.2, 0.25) is 0 Å². The van der Waals surface area contributed by atoms with Crippen LogP contribution in [-0.4, -0.2) is 0 Å². The maximum atomic E-state index is 8.38. The Balaban J connectivity index is 2.21. The summed E-state index contributed by atoms with van der Waals surface area (Å²) in [7, 11) is 0. The monoisotopic (exact) mass is 256 g/mol. The molecule has 0 spiro atoms. The maximum Gasteiger partial charge on any atom is 0.0629 e. The van der Waals surface area contributed by atoms with Crippen molar-refractivity contribution in [2.75, 3.05) is 0 Å². The van der Waals surface area contributed by atoms with Crippen LogP contribution in [0.15, 0.2) is 84.9 Å². The third-order valence-corrected chi connectivity index (χ3v) is 3.69. The molecule has 4 aromatic rings. The van der Waals surface area contributed by atoms with Gasteiger partial charge in [-0.25, -0.2) is 0 Å². The molecule has 0 radical (unpaired) electrons. The van der Waals surface area contributed by atoms with Crippen LogP contribution in [0.4, 0.5) is 0 Å². The van der Waals surface area contributed by atoms with Gasteiger partial charge in [0, 0.05) is 0 Å². The number of benzene rings is 4. The van der Waals surface area contributed by atoms with Gasteiger partial charge in [-0.2, -0.15) is 0 Å². The van der Waals surface area contributed by atoms with E-state index in [-0.39, 0.29) is 0 Å². The Morgan fingerprint density at radius 1 is 0.500 bits per heavy atom. The number of hydrogen-bond donors (Lipinski definition) is 0. The molecule has 20 heavy (non-hydrogen) atoms. The highest BCUT2D eigenvalue weighted by Gasteiger charge is 2.06. The van der Waals surface area contributed by atoms with Crippen LogP contribution in [0.1, 0.15) is 2.74 Å². The molecule has 0 saturated carbocycles. The molecule has 0 fully saturated rings. The highest BCUT2D eigenvalue weighted by Crippen LogP contribution is 2.33. The second-order valence-corrected chi connectivity index (χ2v) is 4.88. The summed E-state index contributed by atoms with van der Waals surface area (Å²) in [6, 6.07) is 24.6. The molecule has 0 saturated heterocycles. The minimum atomic E-state index is 0.462. The zero-order valence-electron chi connectivity index (χ0n) is 12.9. The van der Waals surface area contributed by atoms with Crippen LogP contribution in [0.25, 0.3) is 32.7 Å². The summed E-state index contributed by atoms with van der Waals surface area (Å²) in [5.74, 6) is 0. The molecule has 94 valence electrons. The largest absolute Gasteiger partial charge is 0.0629 e. The summed E-state index contributed by atoms with van der Waals surface area (Å²) in [5.41, 5.74) is 1.69. The van der Waals surface area contributed by atoms with Crippen LogP contribution in [-0.2, 0) is 0 Å². The van der Waals surface area contributed by atoms with Crippen molar-refractivity contribution >= 4 is 21.5 Å². The fraction of sp³-hybridized carbons (Fsp3) is 0. The minimum Gasteiger partial charge on any atom is -0.0616 e. The molecule has 0 N–H and O–H groups in total. The zero-order chi connectivity index (χ0) is 15.1. The van der Waals surface area contributed by atoms with Crippen molar-refractivity contribution in [2.45, 2.75) is 0 Å². The van der Waals surface area contributed by atoms with E-state index in [0.29, 0.717) is 12.1 Å². The normalized spacial score (nSPS) is 12.4. The van der Waals surface area contributed by atoms with Gasteiger partial charge in [-0.15, -0.1) is 0 Å². The van der Waals surface area contributed by atoms with Crippen molar-refractivity contribution in [2.24, 2.45) is 0 Å². The summed E-state index contributed by atoms with van der Waals surface area (Å²) in [6.45, 7) is 0. The van der Waals surface area contributed by atoms with E-state index in [0.717, 1.165) is 32.7 Å². The number of hydrogen-bond acceptors (Lipinski definition) is 0. The molecule has 0 bridgehead atoms. The molecule has 4 rings (SSSR count). The average molecular weight is 256 g/mol. The van der Waals surface area contributed by atoms with Gasteiger partial charge in [-0.3, -0.25) is 0 Å². The first-order valence-electron chi connectivity index (χ1n) is 7.73. The SMILES string of the molecule is [2H]c1ccc2ccccc2c1-c1c([2H])ccc2ccccc12. The summed E-state index contributed by atoms with van der Waals surface area (Å²) in [5, 5.41) is 4.25. The van der Waals surface area contributed by atoms with Crippen LogP contribution in [0.5, 0.6) is 0 Å². The Labute approximate surface area is 121 Å². The van der Waals surface area contributed by atoms with Crippen LogP contribution in [0.3, 0.4) is 0 Å². The topological polar surface area (TPSA) is 0 Å². The average Bonchev–Trinajstić information content (AvgIpc) is 2.56. The Morgan fingerprint density at radius 2 is 0.900 bits per heavy atom. The van der Waals surface area contributed by atoms with Crippen molar-refractivity contribution in [1.82, 2.24) is 0 Å². The van der Waals surface area contributed by atoms with Crippen molar-refractivity contribution < 1.29 is 2.74 Å². The Kier molecular flexibility index (Phi) is 2.10. The maximum absolute atomic E-state index is 8.38. The van der Waals surface area contributed by atoms with Gasteiger partial charge in [-0.05, 0) is 32.7 Å². The van der Waals surface area contributed by atoms with Gasteiger partial charge in [0.1, 0.15) is 0 Å². The van der Waals surface area contributed by atoms with E-state index in [1.165, 1.54) is 0 Å². The lowest BCUT2D eigenvalue weighted by molar-refractivity contribution is 1.68. The summed E-state index contributed by atoms with van der Waals surface area (Å²) >= 11 is 0. The highest BCUT2D eigenvalue weighted by molar-refractivity contribution is 6.05. The van der Waals surface area contributed by atoms with E-state index in [1.807, 2.05) is 72.8 Å². The van der Waals surface area contributed by atoms with E-state index >= 15 is 0 Å². The lowest BCUT2D eigenvalue weighted by atomic mass is 9.94. The van der Waals surface area contributed by atoms with Gasteiger partial charge < -0.3 is 0 Å². The molecule has 0 atom stereocenters. The van der Waals surface area contributed by atoms with Crippen molar-refractivity contribution in [1.29, 1.82) is 0 Å². The second kappa shape index (κ2) is 4.50. The third kappa shape index (κ3) is 1.70. The lowest BCUT2D eigenvalue weighted by Gasteiger charge is -2.10. The number of fused-ring (bicyclic) bond motifs is 2. The Morgan fingerprint density at radius 3 is 1.40 bits per heavy atom. The molecule has 0 nitrogen and oxygen atoms in total. The predicted molar refractivity (Wildman–Crippen MR) is 86.9 cm³/mol. The molecular formula is C20H14. The molecule has 0 aliphatic heterocycles. The van der Waals surface area contributed by atoms with Gasteiger partial charge in [0.15, 0.2) is 0 Å². The van der Waals surface area contributed by atoms with Gasteiger partial charge in [0.25, 0.3) is 0 Å². The zero-order valence-corrected chi connectivity index (χ0v) is 10.9. The molecule has 4 aromatic carbocycles. The molecule has 0 heterocycles. The molecule has 0 aliphatic carbocycles. The molecule has 0 heteroatoms. The van der Waals surface area contributed by atoms with E-state index in [1.54, 1.807) is 0 Å². The fourth-order valence-corrected chi connectivity index (χ4v) is 2.74. The Bertz CT molecular complexity index is 920. The summed E-state index contributed by atoms with van der Waals surface area (Å²) in [4.78, 5) is 0. The first kappa shape index (κ1) is 9.33. The van der Waals surface area contributed by atoms with E-state index in [4.69, 9.17) is 2.74 Å². The van der Waals surface area contributed by atoms with Gasteiger partial charge >= 0.3 is 0 Å². The van der Waals surface area contributed by atoms with Gasteiger partial charge in [-0.1, -0.05) is 84.9 Å². The molecule has 0 aromatic heterocycles. The van der Waals surface area contributed by atoms with Crippen molar-refractivity contribution in [3.63, 3.8) is 0 Å². The first-order chi connectivity index (χ1) is 10.8. The number of rotatable bonds is 1. The summed E-state index contributed by atoms with van der Waals surface area (Å²) in [6.07, 6.45) is 0. The third-order valence-electron chi connectivity index (χ3n) is 3.69. The first-order valence-corrected chi connectivity index (χ1v) is 6.73. The van der Waals surface area contributed by atoms with Crippen LogP contribution >= 0.6 is 0 Å². The standard InChI is InChI=1S/C20H14/c1-3-11-17-15(7-1)9-5-13-19(17)20-14-6-10-16-8-2-4-12-18(16)20/h1-14H/i13D,14D. The smallest absolute Gasteiger partial charge is 0.0616 e. The molecule has 0 aliphatic rings. The van der Waals surface area contributed by atoms with Gasteiger partial charge in [0.2, 0.25) is 0 Å². The van der Waals surface area contributed by atoms with E-state index in [9.17, 15) is 0 Å². The molecule has 0 amide bonds. The van der Waals surface area contributed by atoms with Crippen molar-refractivity contribution in [3.8, 4) is 11.1 Å². The van der Waals surface area contributed by atoms with Gasteiger partial charge in [0.05, 0.1) is 2.74 Å². The fourth-order valence-electron chi connectivity index (χ4n) is 2.74. The Hall–Kier alpha value is -2.60. The van der Waals surface area contributed by atoms with E-state index in [2.05, 4.69) is 0 Å². The predicted octanol–water partition coefficient (Wildman–Crippen LogP) is 5.66. The van der Waals surface area contributed by atoms with E-state index < -0.39 is 0 Å². The minimum absolute atomic E-state index is 0.462. The van der Waals surface area contributed by atoms with Crippen LogP contribution < -0.4 is 0 Å². The quantitative estimate of drug-likeness (QED) is 0.412.